The largest absolute Gasteiger partial charge is 0.376 e. The molecule has 1 saturated carbocycles. The van der Waals surface area contributed by atoms with Crippen molar-refractivity contribution in [3.63, 3.8) is 0 Å². The minimum atomic E-state index is -0.805. The number of nitrogens with one attached hydrogen (secondary N) is 1. The second kappa shape index (κ2) is 7.59. The van der Waals surface area contributed by atoms with E-state index in [0.717, 1.165) is 55.1 Å². The first kappa shape index (κ1) is 20.1. The number of aryl methyl sites for hydroxylation is 1. The van der Waals surface area contributed by atoms with Gasteiger partial charge >= 0.3 is 6.03 Å². The lowest BCUT2D eigenvalue weighted by Crippen LogP contribution is -2.49. The third-order valence-electron chi connectivity index (χ3n) is 6.96. The summed E-state index contributed by atoms with van der Waals surface area (Å²) in [6, 6.07) is 1.43. The normalized spacial score (nSPS) is 29.7. The number of hydrogen-bond donors (Lipinski definition) is 1. The van der Waals surface area contributed by atoms with E-state index in [1.807, 2.05) is 19.9 Å². The van der Waals surface area contributed by atoms with Crippen molar-refractivity contribution in [2.24, 2.45) is 5.92 Å². The van der Waals surface area contributed by atoms with Gasteiger partial charge in [-0.05, 0) is 64.4 Å². The SMILES string of the molecule is Cc1cc(C(=O)CN2C(=O)NC3(CCC(C)CC3)C2=O)c(C)n1C[C@H]1CCCO1. The van der Waals surface area contributed by atoms with Gasteiger partial charge in [0.05, 0.1) is 12.6 Å². The molecule has 0 unspecified atom stereocenters. The van der Waals surface area contributed by atoms with E-state index in [1.54, 1.807) is 0 Å². The first-order valence-electron chi connectivity index (χ1n) is 10.8. The molecular weight excluding hydrogens is 370 g/mol. The number of nitrogens with zero attached hydrogens (tertiary/aromatic N) is 2. The molecule has 1 spiro atoms. The summed E-state index contributed by atoms with van der Waals surface area (Å²) in [5.74, 6) is 0.132. The second-order valence-corrected chi connectivity index (χ2v) is 9.04. The van der Waals surface area contributed by atoms with Crippen LogP contribution in [0.2, 0.25) is 0 Å². The zero-order valence-corrected chi connectivity index (χ0v) is 17.6. The molecular formula is C22H31N3O4. The molecule has 1 atom stereocenters. The van der Waals surface area contributed by atoms with E-state index >= 15 is 0 Å². The second-order valence-electron chi connectivity index (χ2n) is 9.04. The lowest BCUT2D eigenvalue weighted by Gasteiger charge is -2.33. The van der Waals surface area contributed by atoms with Crippen LogP contribution < -0.4 is 5.32 Å². The lowest BCUT2D eigenvalue weighted by molar-refractivity contribution is -0.132. The molecule has 7 heteroatoms. The number of aromatic nitrogens is 1. The third kappa shape index (κ3) is 3.61. The molecule has 2 saturated heterocycles. The number of hydrogen-bond acceptors (Lipinski definition) is 4. The topological polar surface area (TPSA) is 80.6 Å². The molecule has 3 amide bonds. The summed E-state index contributed by atoms with van der Waals surface area (Å²) < 4.78 is 7.84. The minimum Gasteiger partial charge on any atom is -0.376 e. The highest BCUT2D eigenvalue weighted by molar-refractivity contribution is 6.11. The van der Waals surface area contributed by atoms with E-state index in [4.69, 9.17) is 4.74 Å². The number of imide groups is 1. The van der Waals surface area contributed by atoms with Crippen molar-refractivity contribution in [1.29, 1.82) is 0 Å². The predicted molar refractivity (Wildman–Crippen MR) is 108 cm³/mol. The Morgan fingerprint density at radius 3 is 2.62 bits per heavy atom. The van der Waals surface area contributed by atoms with Gasteiger partial charge in [-0.1, -0.05) is 6.92 Å². The van der Waals surface area contributed by atoms with Gasteiger partial charge in [-0.3, -0.25) is 14.5 Å². The van der Waals surface area contributed by atoms with Gasteiger partial charge in [0.2, 0.25) is 0 Å². The Morgan fingerprint density at radius 2 is 1.97 bits per heavy atom. The quantitative estimate of drug-likeness (QED) is 0.608. The van der Waals surface area contributed by atoms with Gasteiger partial charge in [-0.25, -0.2) is 4.79 Å². The molecule has 158 valence electrons. The number of Topliss-reactive ketones (excluding diaryl/α,β-unsaturated/α-hetero) is 1. The highest BCUT2D eigenvalue weighted by Gasteiger charge is 2.52. The molecule has 2 aliphatic heterocycles. The van der Waals surface area contributed by atoms with E-state index < -0.39 is 11.6 Å². The van der Waals surface area contributed by atoms with Crippen LogP contribution in [0, 0.1) is 19.8 Å². The molecule has 29 heavy (non-hydrogen) atoms. The van der Waals surface area contributed by atoms with Crippen molar-refractivity contribution in [3.8, 4) is 0 Å². The van der Waals surface area contributed by atoms with Crippen LogP contribution in [0.15, 0.2) is 6.07 Å². The van der Waals surface area contributed by atoms with Crippen LogP contribution in [0.5, 0.6) is 0 Å². The van der Waals surface area contributed by atoms with Gasteiger partial charge in [-0.2, -0.15) is 0 Å². The fourth-order valence-electron chi connectivity index (χ4n) is 5.00. The Hall–Kier alpha value is -2.15. The van der Waals surface area contributed by atoms with Crippen molar-refractivity contribution < 1.29 is 19.1 Å². The molecule has 7 nitrogen and oxygen atoms in total. The molecule has 1 N–H and O–H groups in total. The molecule has 3 fully saturated rings. The summed E-state index contributed by atoms with van der Waals surface area (Å²) in [5.41, 5.74) is 1.65. The fraction of sp³-hybridized carbons (Fsp3) is 0.682. The van der Waals surface area contributed by atoms with E-state index in [9.17, 15) is 14.4 Å². The van der Waals surface area contributed by atoms with Crippen LogP contribution >= 0.6 is 0 Å². The number of ketones is 1. The maximum absolute atomic E-state index is 13.0. The fourth-order valence-corrected chi connectivity index (χ4v) is 5.00. The number of amides is 3. The van der Waals surface area contributed by atoms with Gasteiger partial charge in [0, 0.05) is 30.1 Å². The van der Waals surface area contributed by atoms with E-state index in [-0.39, 0.29) is 24.3 Å². The molecule has 1 aromatic heterocycles. The van der Waals surface area contributed by atoms with E-state index in [2.05, 4.69) is 16.8 Å². The van der Waals surface area contributed by atoms with Crippen LogP contribution in [0.4, 0.5) is 4.79 Å². The standard InChI is InChI=1S/C22H31N3O4/c1-14-6-8-22(9-7-14)20(27)25(21(28)23-22)13-19(26)18-11-15(2)24(16(18)3)12-17-5-4-10-29-17/h11,14,17H,4-10,12-13H2,1-3H3,(H,23,28)/t14?,17-,22?/m1/s1. The molecule has 4 rings (SSSR count). The molecule has 0 bridgehead atoms. The van der Waals surface area contributed by atoms with Gasteiger partial charge in [-0.15, -0.1) is 0 Å². The zero-order chi connectivity index (χ0) is 20.8. The number of carbonyl (C=O) groups excluding carboxylic acids is 3. The number of rotatable bonds is 5. The number of ether oxygens (including phenoxy) is 1. The highest BCUT2D eigenvalue weighted by atomic mass is 16.5. The van der Waals surface area contributed by atoms with E-state index in [0.29, 0.717) is 24.3 Å². The van der Waals surface area contributed by atoms with Crippen molar-refractivity contribution >= 4 is 17.7 Å². The number of carbonyl (C=O) groups is 3. The summed E-state index contributed by atoms with van der Waals surface area (Å²) in [6.45, 7) is 7.39. The molecule has 1 aromatic rings. The average Bonchev–Trinajstić information content (AvgIpc) is 3.36. The van der Waals surface area contributed by atoms with Crippen molar-refractivity contribution in [3.05, 3.63) is 23.0 Å². The number of urea groups is 1. The van der Waals surface area contributed by atoms with Crippen LogP contribution in [0.3, 0.4) is 0 Å². The molecule has 3 aliphatic rings. The van der Waals surface area contributed by atoms with Gasteiger partial charge < -0.3 is 14.6 Å². The van der Waals surface area contributed by atoms with Gasteiger partial charge in [0.15, 0.2) is 5.78 Å². The summed E-state index contributed by atoms with van der Waals surface area (Å²) >= 11 is 0. The maximum atomic E-state index is 13.0. The molecule has 1 aliphatic carbocycles. The Morgan fingerprint density at radius 1 is 1.24 bits per heavy atom. The van der Waals surface area contributed by atoms with Crippen molar-refractivity contribution in [2.75, 3.05) is 13.2 Å². The lowest BCUT2D eigenvalue weighted by atomic mass is 9.77. The summed E-state index contributed by atoms with van der Waals surface area (Å²) in [6.07, 6.45) is 5.42. The molecule has 3 heterocycles. The van der Waals surface area contributed by atoms with Crippen LogP contribution in [0.1, 0.15) is 67.2 Å². The first-order valence-corrected chi connectivity index (χ1v) is 10.8. The van der Waals surface area contributed by atoms with Gasteiger partial charge in [0.1, 0.15) is 5.54 Å². The Kier molecular flexibility index (Phi) is 5.27. The minimum absolute atomic E-state index is 0.183. The van der Waals surface area contributed by atoms with Crippen LogP contribution in [0.25, 0.3) is 0 Å². The Bertz CT molecular complexity index is 829. The highest BCUT2D eigenvalue weighted by Crippen LogP contribution is 2.36. The molecule has 0 radical (unpaired) electrons. The molecule has 0 aromatic carbocycles. The van der Waals surface area contributed by atoms with Crippen molar-refractivity contribution in [2.45, 2.75) is 77.5 Å². The monoisotopic (exact) mass is 401 g/mol. The third-order valence-corrected chi connectivity index (χ3v) is 6.96. The Balaban J connectivity index is 1.48. The van der Waals surface area contributed by atoms with Crippen molar-refractivity contribution in [1.82, 2.24) is 14.8 Å². The van der Waals surface area contributed by atoms with Crippen LogP contribution in [-0.2, 0) is 16.1 Å². The smallest absolute Gasteiger partial charge is 0.325 e. The van der Waals surface area contributed by atoms with Crippen LogP contribution in [-0.4, -0.2) is 52.0 Å². The van der Waals surface area contributed by atoms with Gasteiger partial charge in [0.25, 0.3) is 5.91 Å². The summed E-state index contributed by atoms with van der Waals surface area (Å²) in [5, 5.41) is 2.89. The first-order chi connectivity index (χ1) is 13.8. The zero-order valence-electron chi connectivity index (χ0n) is 17.6. The Labute approximate surface area is 171 Å². The summed E-state index contributed by atoms with van der Waals surface area (Å²) in [7, 11) is 0. The average molecular weight is 402 g/mol. The maximum Gasteiger partial charge on any atom is 0.325 e. The predicted octanol–water partition coefficient (Wildman–Crippen LogP) is 2.97. The summed E-state index contributed by atoms with van der Waals surface area (Å²) in [4.78, 5) is 39.7. The van der Waals surface area contributed by atoms with E-state index in [1.165, 1.54) is 0 Å².